The Morgan fingerprint density at radius 3 is 2.71 bits per heavy atom. The second kappa shape index (κ2) is 9.15. The number of anilines is 2. The molecule has 1 saturated heterocycles. The number of hydrogen-bond donors (Lipinski definition) is 1. The van der Waals surface area contributed by atoms with Crippen LogP contribution >= 0.6 is 23.1 Å². The van der Waals surface area contributed by atoms with Crippen molar-refractivity contribution in [2.45, 2.75) is 18.0 Å². The first-order chi connectivity index (χ1) is 15.0. The Hall–Kier alpha value is -2.79. The van der Waals surface area contributed by atoms with Crippen LogP contribution in [0.4, 0.5) is 10.8 Å². The van der Waals surface area contributed by atoms with Crippen LogP contribution in [0.1, 0.15) is 12.8 Å². The molecule has 0 unspecified atom stereocenters. The van der Waals surface area contributed by atoms with Gasteiger partial charge in [-0.3, -0.25) is 14.2 Å². The number of methoxy groups -OCH3 is 2. The molecular formula is C20H23N5O4S2. The number of amides is 1. The molecule has 3 aromatic rings. The molecule has 31 heavy (non-hydrogen) atoms. The first kappa shape index (κ1) is 21.4. The molecule has 1 aliphatic rings. The molecule has 3 heterocycles. The van der Waals surface area contributed by atoms with Crippen molar-refractivity contribution in [3.63, 3.8) is 0 Å². The Kier molecular flexibility index (Phi) is 6.33. The van der Waals surface area contributed by atoms with E-state index in [0.29, 0.717) is 32.7 Å². The molecule has 1 N–H and O–H groups in total. The van der Waals surface area contributed by atoms with Crippen LogP contribution in [-0.2, 0) is 11.8 Å². The molecule has 1 amide bonds. The predicted molar refractivity (Wildman–Crippen MR) is 123 cm³/mol. The summed E-state index contributed by atoms with van der Waals surface area (Å²) in [6.07, 6.45) is 2.27. The molecule has 1 aliphatic heterocycles. The zero-order valence-electron chi connectivity index (χ0n) is 17.5. The lowest BCUT2D eigenvalue weighted by Gasteiger charge is -2.12. The fourth-order valence-corrected chi connectivity index (χ4v) is 5.12. The van der Waals surface area contributed by atoms with Crippen molar-refractivity contribution in [1.82, 2.24) is 14.5 Å². The number of nitrogens with one attached hydrogen (secondary N) is 1. The first-order valence-electron chi connectivity index (χ1n) is 9.77. The van der Waals surface area contributed by atoms with Gasteiger partial charge in [-0.1, -0.05) is 23.1 Å². The molecule has 0 spiro atoms. The van der Waals surface area contributed by atoms with Gasteiger partial charge in [0.05, 0.1) is 25.7 Å². The number of hydrogen-bond acceptors (Lipinski definition) is 9. The van der Waals surface area contributed by atoms with Gasteiger partial charge in [0.25, 0.3) is 5.56 Å². The summed E-state index contributed by atoms with van der Waals surface area (Å²) >= 11 is 2.57. The van der Waals surface area contributed by atoms with Gasteiger partial charge < -0.3 is 19.7 Å². The summed E-state index contributed by atoms with van der Waals surface area (Å²) < 4.78 is 12.5. The van der Waals surface area contributed by atoms with E-state index < -0.39 is 0 Å². The minimum absolute atomic E-state index is 0.0786. The summed E-state index contributed by atoms with van der Waals surface area (Å²) in [5.41, 5.74) is 0.803. The van der Waals surface area contributed by atoms with E-state index in [1.54, 1.807) is 32.4 Å². The van der Waals surface area contributed by atoms with Crippen LogP contribution in [0.25, 0.3) is 10.3 Å². The number of nitrogens with zero attached hydrogens (tertiary/aromatic N) is 4. The average Bonchev–Trinajstić information content (AvgIpc) is 3.45. The highest BCUT2D eigenvalue weighted by Crippen LogP contribution is 2.30. The molecule has 2 aromatic heterocycles. The lowest BCUT2D eigenvalue weighted by atomic mass is 10.2. The zero-order valence-corrected chi connectivity index (χ0v) is 19.1. The van der Waals surface area contributed by atoms with Gasteiger partial charge in [0.1, 0.15) is 16.2 Å². The number of aromatic nitrogens is 3. The predicted octanol–water partition coefficient (Wildman–Crippen LogP) is 2.74. The number of fused-ring (bicyclic) bond motifs is 1. The summed E-state index contributed by atoms with van der Waals surface area (Å²) in [5, 5.41) is 4.10. The fraction of sp³-hybridized carbons (Fsp3) is 0.400. The van der Waals surface area contributed by atoms with Gasteiger partial charge in [-0.15, -0.1) is 0 Å². The summed E-state index contributed by atoms with van der Waals surface area (Å²) in [5.74, 6) is 0.968. The first-order valence-corrected chi connectivity index (χ1v) is 11.6. The third kappa shape index (κ3) is 4.47. The van der Waals surface area contributed by atoms with Crippen LogP contribution < -0.4 is 25.2 Å². The monoisotopic (exact) mass is 461 g/mol. The SMILES string of the molecule is COc1ccc(OC)c(NC(=O)CSc2nc3nc(N4CCCC4)sc3c(=O)n2C)c1. The summed E-state index contributed by atoms with van der Waals surface area (Å²) in [6.45, 7) is 1.91. The van der Waals surface area contributed by atoms with Crippen LogP contribution in [0.5, 0.6) is 11.5 Å². The third-order valence-corrected chi connectivity index (χ3v) is 7.10. The van der Waals surface area contributed by atoms with Crippen LogP contribution in [0.2, 0.25) is 0 Å². The molecule has 9 nitrogen and oxygen atoms in total. The van der Waals surface area contributed by atoms with E-state index in [1.165, 1.54) is 34.8 Å². The molecule has 1 fully saturated rings. The van der Waals surface area contributed by atoms with Gasteiger partial charge in [0.15, 0.2) is 15.9 Å². The zero-order chi connectivity index (χ0) is 22.0. The van der Waals surface area contributed by atoms with Crippen molar-refractivity contribution >= 4 is 50.2 Å². The normalized spacial score (nSPS) is 13.6. The number of ether oxygens (including phenoxy) is 2. The second-order valence-corrected chi connectivity index (χ2v) is 8.92. The van der Waals surface area contributed by atoms with E-state index in [1.807, 2.05) is 0 Å². The lowest BCUT2D eigenvalue weighted by Crippen LogP contribution is -2.21. The Bertz CT molecular complexity index is 1170. The molecule has 0 aliphatic carbocycles. The van der Waals surface area contributed by atoms with E-state index in [0.717, 1.165) is 31.1 Å². The van der Waals surface area contributed by atoms with Crippen molar-refractivity contribution in [3.05, 3.63) is 28.6 Å². The summed E-state index contributed by atoms with van der Waals surface area (Å²) in [7, 11) is 4.75. The van der Waals surface area contributed by atoms with Crippen molar-refractivity contribution in [2.75, 3.05) is 43.3 Å². The second-order valence-electron chi connectivity index (χ2n) is 7.00. The van der Waals surface area contributed by atoms with Gasteiger partial charge in [0, 0.05) is 26.2 Å². The molecule has 4 rings (SSSR count). The number of benzene rings is 1. The van der Waals surface area contributed by atoms with Crippen LogP contribution in [-0.4, -0.2) is 53.5 Å². The number of rotatable bonds is 7. The minimum Gasteiger partial charge on any atom is -0.497 e. The quantitative estimate of drug-likeness (QED) is 0.424. The van der Waals surface area contributed by atoms with Gasteiger partial charge >= 0.3 is 0 Å². The Balaban J connectivity index is 1.50. The molecule has 164 valence electrons. The highest BCUT2D eigenvalue weighted by molar-refractivity contribution is 7.99. The largest absolute Gasteiger partial charge is 0.497 e. The minimum atomic E-state index is -0.248. The maximum absolute atomic E-state index is 12.8. The van der Waals surface area contributed by atoms with Crippen molar-refractivity contribution in [3.8, 4) is 11.5 Å². The number of carbonyl (C=O) groups excluding carboxylic acids is 1. The fourth-order valence-electron chi connectivity index (χ4n) is 3.32. The van der Waals surface area contributed by atoms with Gasteiger partial charge in [-0.2, -0.15) is 4.98 Å². The topological polar surface area (TPSA) is 98.6 Å². The number of carbonyl (C=O) groups is 1. The van der Waals surface area contributed by atoms with Crippen LogP contribution in [0.3, 0.4) is 0 Å². The van der Waals surface area contributed by atoms with Crippen LogP contribution in [0.15, 0.2) is 28.2 Å². The van der Waals surface area contributed by atoms with Crippen molar-refractivity contribution in [2.24, 2.45) is 7.05 Å². The molecule has 1 aromatic carbocycles. The molecule has 0 saturated carbocycles. The maximum Gasteiger partial charge on any atom is 0.273 e. The van der Waals surface area contributed by atoms with E-state index in [4.69, 9.17) is 9.47 Å². The summed E-state index contributed by atoms with van der Waals surface area (Å²) in [6, 6.07) is 5.17. The van der Waals surface area contributed by atoms with Crippen LogP contribution in [0, 0.1) is 0 Å². The lowest BCUT2D eigenvalue weighted by molar-refractivity contribution is -0.113. The molecule has 11 heteroatoms. The molecule has 0 radical (unpaired) electrons. The maximum atomic E-state index is 12.8. The smallest absolute Gasteiger partial charge is 0.273 e. The third-order valence-electron chi connectivity index (χ3n) is 4.98. The average molecular weight is 462 g/mol. The van der Waals surface area contributed by atoms with E-state index in [2.05, 4.69) is 20.2 Å². The standard InChI is InChI=1S/C20H23N5O4S2/c1-24-18(27)16-17(23-20(31-16)25-8-4-5-9-25)22-19(24)30-11-15(26)21-13-10-12(28-2)6-7-14(13)29-3/h6-7,10H,4-5,8-9,11H2,1-3H3,(H,21,26). The van der Waals surface area contributed by atoms with Crippen molar-refractivity contribution < 1.29 is 14.3 Å². The van der Waals surface area contributed by atoms with E-state index in [-0.39, 0.29) is 17.2 Å². The molecule has 0 bridgehead atoms. The van der Waals surface area contributed by atoms with Gasteiger partial charge in [-0.05, 0) is 25.0 Å². The number of thiazole rings is 1. The van der Waals surface area contributed by atoms with Crippen molar-refractivity contribution in [1.29, 1.82) is 0 Å². The van der Waals surface area contributed by atoms with Gasteiger partial charge in [-0.25, -0.2) is 4.98 Å². The molecule has 0 atom stereocenters. The summed E-state index contributed by atoms with van der Waals surface area (Å²) in [4.78, 5) is 36.6. The van der Waals surface area contributed by atoms with E-state index >= 15 is 0 Å². The number of thioether (sulfide) groups is 1. The Labute approximate surface area is 187 Å². The Morgan fingerprint density at radius 1 is 1.23 bits per heavy atom. The highest BCUT2D eigenvalue weighted by Gasteiger charge is 2.20. The Morgan fingerprint density at radius 2 is 2.00 bits per heavy atom. The van der Waals surface area contributed by atoms with E-state index in [9.17, 15) is 9.59 Å². The highest BCUT2D eigenvalue weighted by atomic mass is 32.2. The van der Waals surface area contributed by atoms with Gasteiger partial charge in [0.2, 0.25) is 5.91 Å². The molecular weight excluding hydrogens is 438 g/mol.